The Bertz CT molecular complexity index is 2610. The van der Waals surface area contributed by atoms with Gasteiger partial charge in [-0.15, -0.1) is 0 Å². The summed E-state index contributed by atoms with van der Waals surface area (Å²) in [4.78, 5) is 0. The van der Waals surface area contributed by atoms with E-state index in [0.29, 0.717) is 0 Å². The van der Waals surface area contributed by atoms with Crippen LogP contribution in [0.15, 0.2) is 126 Å². The van der Waals surface area contributed by atoms with Gasteiger partial charge in [0.2, 0.25) is 0 Å². The molecule has 0 spiro atoms. The molecule has 0 N–H and O–H groups in total. The molecule has 0 atom stereocenters. The Balaban J connectivity index is 1.47. The van der Waals surface area contributed by atoms with Crippen molar-refractivity contribution < 1.29 is 4.42 Å². The number of nitrogens with zero attached hydrogens (tertiary/aromatic N) is 2. The Morgan fingerprint density at radius 1 is 0.410 bits per heavy atom. The van der Waals surface area contributed by atoms with Crippen LogP contribution in [0.4, 0.5) is 0 Å². The predicted octanol–water partition coefficient (Wildman–Crippen LogP) is 9.83. The van der Waals surface area contributed by atoms with E-state index in [2.05, 4.69) is 118 Å². The van der Waals surface area contributed by atoms with Gasteiger partial charge in [0.15, 0.2) is 0 Å². The first-order valence-corrected chi connectivity index (χ1v) is 13.4. The first kappa shape index (κ1) is 19.8. The monoisotopic (exact) mass is 496 g/mol. The first-order chi connectivity index (χ1) is 19.4. The molecule has 180 valence electrons. The molecule has 3 nitrogen and oxygen atoms in total. The van der Waals surface area contributed by atoms with Crippen LogP contribution in [-0.2, 0) is 0 Å². The lowest BCUT2D eigenvalue weighted by atomic mass is 10.0. The summed E-state index contributed by atoms with van der Waals surface area (Å²) in [6.07, 6.45) is 0. The Kier molecular flexibility index (Phi) is 3.44. The van der Waals surface area contributed by atoms with E-state index in [-0.39, 0.29) is 0 Å². The molecule has 0 radical (unpaired) electrons. The van der Waals surface area contributed by atoms with Gasteiger partial charge in [-0.05, 0) is 53.9 Å². The van der Waals surface area contributed by atoms with Crippen LogP contribution in [0.2, 0.25) is 0 Å². The maximum Gasteiger partial charge on any atom is 0.135 e. The van der Waals surface area contributed by atoms with Crippen molar-refractivity contribution in [2.24, 2.45) is 0 Å². The first-order valence-electron chi connectivity index (χ1n) is 13.4. The van der Waals surface area contributed by atoms with Gasteiger partial charge in [0, 0.05) is 43.4 Å². The minimum Gasteiger partial charge on any atom is -0.456 e. The molecule has 0 aliphatic rings. The summed E-state index contributed by atoms with van der Waals surface area (Å²) in [5.74, 6) is 0. The van der Waals surface area contributed by atoms with Gasteiger partial charge in [0.25, 0.3) is 0 Å². The van der Waals surface area contributed by atoms with Crippen molar-refractivity contribution in [3.05, 3.63) is 121 Å². The molecule has 4 heterocycles. The highest BCUT2D eigenvalue weighted by Gasteiger charge is 2.21. The van der Waals surface area contributed by atoms with Gasteiger partial charge in [-0.2, -0.15) is 0 Å². The third-order valence-corrected chi connectivity index (χ3v) is 8.64. The zero-order valence-electron chi connectivity index (χ0n) is 20.8. The number of para-hydroxylation sites is 3. The van der Waals surface area contributed by atoms with E-state index < -0.39 is 0 Å². The molecule has 4 aromatic heterocycles. The van der Waals surface area contributed by atoms with Gasteiger partial charge < -0.3 is 13.4 Å². The van der Waals surface area contributed by atoms with Crippen molar-refractivity contribution in [3.8, 4) is 5.69 Å². The molecule has 0 amide bonds. The lowest BCUT2D eigenvalue weighted by molar-refractivity contribution is 0.669. The molecule has 0 fully saturated rings. The molecule has 0 aliphatic heterocycles. The lowest BCUT2D eigenvalue weighted by Gasteiger charge is -2.09. The van der Waals surface area contributed by atoms with Crippen LogP contribution in [0.5, 0.6) is 0 Å². The number of rotatable bonds is 1. The van der Waals surface area contributed by atoms with Crippen molar-refractivity contribution >= 4 is 81.8 Å². The quantitative estimate of drug-likeness (QED) is 0.222. The Hall–Kier alpha value is -5.28. The highest BCUT2D eigenvalue weighted by atomic mass is 16.3. The third kappa shape index (κ3) is 2.31. The van der Waals surface area contributed by atoms with Gasteiger partial charge in [-0.25, -0.2) is 0 Å². The smallest absolute Gasteiger partial charge is 0.135 e. The van der Waals surface area contributed by atoms with Gasteiger partial charge in [0.05, 0.1) is 27.6 Å². The van der Waals surface area contributed by atoms with Crippen LogP contribution < -0.4 is 0 Å². The van der Waals surface area contributed by atoms with Crippen LogP contribution in [0.3, 0.4) is 0 Å². The molecular weight excluding hydrogens is 476 g/mol. The fraction of sp³-hybridized carbons (Fsp3) is 0. The standard InChI is InChI=1S/C36H20N2O/c1-3-13-28-22(8-1)25-11-5-12-26-24-10-6-14-29-34(24)35-30(15-7-16-31(35)38(28)36(25)26)37(29)21-18-19-33-27(20-21)23-9-2-4-17-32(23)39-33/h1-20H. The third-order valence-electron chi connectivity index (χ3n) is 8.64. The predicted molar refractivity (Wildman–Crippen MR) is 163 cm³/mol. The van der Waals surface area contributed by atoms with Gasteiger partial charge in [-0.3, -0.25) is 0 Å². The average molecular weight is 497 g/mol. The van der Waals surface area contributed by atoms with Gasteiger partial charge in [-0.1, -0.05) is 72.8 Å². The second-order valence-electron chi connectivity index (χ2n) is 10.5. The normalized spacial score (nSPS) is 12.6. The van der Waals surface area contributed by atoms with E-state index in [1.54, 1.807) is 0 Å². The topological polar surface area (TPSA) is 22.5 Å². The molecule has 0 aliphatic carbocycles. The summed E-state index contributed by atoms with van der Waals surface area (Å²) < 4.78 is 11.1. The van der Waals surface area contributed by atoms with Gasteiger partial charge >= 0.3 is 0 Å². The van der Waals surface area contributed by atoms with E-state index >= 15 is 0 Å². The Morgan fingerprint density at radius 3 is 1.95 bits per heavy atom. The average Bonchev–Trinajstić information content (AvgIpc) is 3.61. The van der Waals surface area contributed by atoms with E-state index in [4.69, 9.17) is 4.42 Å². The molecule has 0 saturated carbocycles. The van der Waals surface area contributed by atoms with Crippen molar-refractivity contribution in [2.45, 2.75) is 0 Å². The van der Waals surface area contributed by atoms with Crippen LogP contribution in [-0.4, -0.2) is 8.97 Å². The number of benzene rings is 6. The van der Waals surface area contributed by atoms with Crippen LogP contribution in [0.25, 0.3) is 87.5 Å². The summed E-state index contributed by atoms with van der Waals surface area (Å²) >= 11 is 0. The summed E-state index contributed by atoms with van der Waals surface area (Å²) in [5, 5.41) is 10.0. The highest BCUT2D eigenvalue weighted by molar-refractivity contribution is 6.31. The molecule has 39 heavy (non-hydrogen) atoms. The van der Waals surface area contributed by atoms with Crippen molar-refractivity contribution in [2.75, 3.05) is 0 Å². The van der Waals surface area contributed by atoms with Crippen LogP contribution >= 0.6 is 0 Å². The molecule has 0 bridgehead atoms. The molecule has 3 heteroatoms. The second kappa shape index (κ2) is 6.77. The fourth-order valence-electron chi connectivity index (χ4n) is 7.12. The Morgan fingerprint density at radius 2 is 1.03 bits per heavy atom. The maximum atomic E-state index is 6.16. The molecule has 0 saturated heterocycles. The lowest BCUT2D eigenvalue weighted by Crippen LogP contribution is -1.94. The number of fused-ring (bicyclic) bond motifs is 8. The highest BCUT2D eigenvalue weighted by Crippen LogP contribution is 2.44. The summed E-state index contributed by atoms with van der Waals surface area (Å²) in [6.45, 7) is 0. The summed E-state index contributed by atoms with van der Waals surface area (Å²) in [7, 11) is 0. The number of hydrogen-bond acceptors (Lipinski definition) is 1. The summed E-state index contributed by atoms with van der Waals surface area (Å²) in [5.41, 5.74) is 9.16. The minimum atomic E-state index is 0.915. The molecule has 0 unspecified atom stereocenters. The van der Waals surface area contributed by atoms with Crippen molar-refractivity contribution in [3.63, 3.8) is 0 Å². The largest absolute Gasteiger partial charge is 0.456 e. The Labute approximate surface area is 222 Å². The van der Waals surface area contributed by atoms with Crippen molar-refractivity contribution in [1.82, 2.24) is 8.97 Å². The summed E-state index contributed by atoms with van der Waals surface area (Å²) in [6, 6.07) is 43.9. The van der Waals surface area contributed by atoms with Crippen LogP contribution in [0, 0.1) is 0 Å². The van der Waals surface area contributed by atoms with Crippen molar-refractivity contribution in [1.29, 1.82) is 0 Å². The zero-order valence-corrected chi connectivity index (χ0v) is 20.8. The molecule has 6 aromatic carbocycles. The maximum absolute atomic E-state index is 6.16. The van der Waals surface area contributed by atoms with E-state index in [0.717, 1.165) is 27.6 Å². The second-order valence-corrected chi connectivity index (χ2v) is 10.5. The van der Waals surface area contributed by atoms with E-state index in [1.165, 1.54) is 59.9 Å². The van der Waals surface area contributed by atoms with Gasteiger partial charge in [0.1, 0.15) is 11.2 Å². The number of furan rings is 1. The number of aromatic nitrogens is 2. The molecule has 10 rings (SSSR count). The fourth-order valence-corrected chi connectivity index (χ4v) is 7.12. The number of hydrogen-bond donors (Lipinski definition) is 0. The zero-order chi connectivity index (χ0) is 25.2. The van der Waals surface area contributed by atoms with Crippen LogP contribution in [0.1, 0.15) is 0 Å². The van der Waals surface area contributed by atoms with E-state index in [1.807, 2.05) is 12.1 Å². The SMILES string of the molecule is c1ccc2c(c1)oc1ccc(-n3c4cccc5c6cccc7c8ccccc8n(c8cccc3c8c54)c67)cc12. The molecule has 10 aromatic rings. The minimum absolute atomic E-state index is 0.915. The van der Waals surface area contributed by atoms with E-state index in [9.17, 15) is 0 Å². The molecular formula is C36H20N2O.